The number of carbonyl (C=O) groups excluding carboxylic acids is 2. The lowest BCUT2D eigenvalue weighted by Gasteiger charge is -2.32. The maximum absolute atomic E-state index is 14.2. The lowest BCUT2D eigenvalue weighted by molar-refractivity contribution is -0.135. The van der Waals surface area contributed by atoms with Crippen molar-refractivity contribution >= 4 is 29.0 Å². The van der Waals surface area contributed by atoms with Gasteiger partial charge in [-0.15, -0.1) is 0 Å². The normalized spacial score (nSPS) is 20.8. The number of benzene rings is 2. The Kier molecular flexibility index (Phi) is 3.72. The van der Waals surface area contributed by atoms with Gasteiger partial charge in [0.25, 0.3) is 5.91 Å². The highest BCUT2D eigenvalue weighted by Gasteiger charge is 2.57. The van der Waals surface area contributed by atoms with Crippen LogP contribution in [0, 0.1) is 5.82 Å². The number of rotatable bonds is 3. The van der Waals surface area contributed by atoms with E-state index in [1.165, 1.54) is 11.1 Å². The molecule has 2 aromatic carbocycles. The van der Waals surface area contributed by atoms with Gasteiger partial charge in [-0.05, 0) is 25.1 Å². The Labute approximate surface area is 149 Å². The summed E-state index contributed by atoms with van der Waals surface area (Å²) in [5, 5.41) is 8.48. The smallest absolute Gasteiger partial charge is 0.354 e. The molecule has 1 atom stereocenters. The van der Waals surface area contributed by atoms with Gasteiger partial charge in [-0.2, -0.15) is 5.10 Å². The van der Waals surface area contributed by atoms with E-state index in [0.717, 1.165) is 0 Å². The third kappa shape index (κ3) is 2.20. The molecular formula is C19H16FN3O3. The first-order chi connectivity index (χ1) is 12.6. The Bertz CT molecular complexity index is 929. The Balaban J connectivity index is 1.89. The summed E-state index contributed by atoms with van der Waals surface area (Å²) < 4.78 is 19.3. The van der Waals surface area contributed by atoms with Crippen LogP contribution in [0.4, 0.5) is 15.8 Å². The lowest BCUT2D eigenvalue weighted by Crippen LogP contribution is -2.46. The first-order valence-electron chi connectivity index (χ1n) is 8.28. The fourth-order valence-corrected chi connectivity index (χ4v) is 3.45. The van der Waals surface area contributed by atoms with Gasteiger partial charge in [-0.25, -0.2) is 14.2 Å². The van der Waals surface area contributed by atoms with Crippen LogP contribution in [0.5, 0.6) is 0 Å². The molecule has 0 bridgehead atoms. The highest BCUT2D eigenvalue weighted by atomic mass is 19.1. The van der Waals surface area contributed by atoms with Crippen molar-refractivity contribution in [3.8, 4) is 0 Å². The predicted molar refractivity (Wildman–Crippen MR) is 94.3 cm³/mol. The molecule has 0 fully saturated rings. The van der Waals surface area contributed by atoms with Crippen LogP contribution in [0.1, 0.15) is 18.9 Å². The van der Waals surface area contributed by atoms with Crippen LogP contribution in [0.25, 0.3) is 0 Å². The van der Waals surface area contributed by atoms with Gasteiger partial charge < -0.3 is 10.1 Å². The highest BCUT2D eigenvalue weighted by Crippen LogP contribution is 2.49. The van der Waals surface area contributed by atoms with E-state index in [0.29, 0.717) is 11.3 Å². The van der Waals surface area contributed by atoms with E-state index in [-0.39, 0.29) is 24.4 Å². The van der Waals surface area contributed by atoms with Gasteiger partial charge in [0.15, 0.2) is 5.54 Å². The number of halogens is 1. The Morgan fingerprint density at radius 3 is 2.77 bits per heavy atom. The number of anilines is 2. The van der Waals surface area contributed by atoms with E-state index < -0.39 is 23.2 Å². The number of hydrazone groups is 1. The topological polar surface area (TPSA) is 71.0 Å². The van der Waals surface area contributed by atoms with Gasteiger partial charge in [-0.3, -0.25) is 4.79 Å². The second-order valence-corrected chi connectivity index (χ2v) is 6.07. The maximum Gasteiger partial charge on any atom is 0.354 e. The molecule has 0 saturated heterocycles. The van der Waals surface area contributed by atoms with Crippen molar-refractivity contribution in [1.29, 1.82) is 0 Å². The van der Waals surface area contributed by atoms with Crippen LogP contribution < -0.4 is 10.3 Å². The molecule has 4 rings (SSSR count). The minimum atomic E-state index is -1.32. The number of ether oxygens (including phenoxy) is 1. The van der Waals surface area contributed by atoms with Crippen LogP contribution in [0.3, 0.4) is 0 Å². The van der Waals surface area contributed by atoms with E-state index in [9.17, 15) is 14.0 Å². The molecule has 0 radical (unpaired) electrons. The Morgan fingerprint density at radius 2 is 2.04 bits per heavy atom. The molecule has 2 heterocycles. The summed E-state index contributed by atoms with van der Waals surface area (Å²) in [6.45, 7) is 1.90. The lowest BCUT2D eigenvalue weighted by atomic mass is 9.86. The van der Waals surface area contributed by atoms with Crippen LogP contribution in [0.2, 0.25) is 0 Å². The van der Waals surface area contributed by atoms with Crippen molar-refractivity contribution in [3.05, 3.63) is 59.9 Å². The number of amides is 1. The third-order valence-corrected chi connectivity index (χ3v) is 4.59. The van der Waals surface area contributed by atoms with Crippen LogP contribution in [-0.2, 0) is 19.9 Å². The molecule has 2 aromatic rings. The summed E-state index contributed by atoms with van der Waals surface area (Å²) in [5.41, 5.74) is 0.0103. The van der Waals surface area contributed by atoms with Crippen molar-refractivity contribution in [2.75, 3.05) is 16.9 Å². The number of nitrogens with zero attached hydrogens (tertiary/aromatic N) is 2. The number of para-hydroxylation sites is 2. The molecule has 2 aliphatic rings. The molecule has 1 N–H and O–H groups in total. The monoisotopic (exact) mass is 353 g/mol. The summed E-state index contributed by atoms with van der Waals surface area (Å²) in [4.78, 5) is 25.2. The summed E-state index contributed by atoms with van der Waals surface area (Å²) in [6.07, 6.45) is 0.00299. The summed E-state index contributed by atoms with van der Waals surface area (Å²) in [6, 6.07) is 13.5. The fourth-order valence-electron chi connectivity index (χ4n) is 3.45. The van der Waals surface area contributed by atoms with E-state index in [1.54, 1.807) is 43.3 Å². The van der Waals surface area contributed by atoms with Crippen molar-refractivity contribution in [2.24, 2.45) is 5.10 Å². The van der Waals surface area contributed by atoms with Gasteiger partial charge in [0.1, 0.15) is 11.5 Å². The van der Waals surface area contributed by atoms with Gasteiger partial charge in [0.2, 0.25) is 0 Å². The van der Waals surface area contributed by atoms with Gasteiger partial charge in [-0.1, -0.05) is 30.3 Å². The van der Waals surface area contributed by atoms with Gasteiger partial charge >= 0.3 is 5.97 Å². The second-order valence-electron chi connectivity index (χ2n) is 6.07. The largest absolute Gasteiger partial charge is 0.461 e. The number of hydrogen-bond acceptors (Lipinski definition) is 5. The summed E-state index contributed by atoms with van der Waals surface area (Å²) >= 11 is 0. The second kappa shape index (κ2) is 5.94. The van der Waals surface area contributed by atoms with Crippen molar-refractivity contribution < 1.29 is 18.7 Å². The van der Waals surface area contributed by atoms with Crippen LogP contribution in [0.15, 0.2) is 53.6 Å². The number of fused-ring (bicyclic) bond motifs is 2. The standard InChI is InChI=1S/C19H16FN3O3/c1-2-26-17(24)15-11-19(23(22-15)12-7-4-3-5-8-12)13-9-6-10-14(20)16(13)21-18(19)25/h3-10H,2,11H2,1H3,(H,21,25)/t19-/m1/s1. The number of nitrogens with one attached hydrogen (secondary N) is 1. The summed E-state index contributed by atoms with van der Waals surface area (Å²) in [7, 11) is 0. The van der Waals surface area contributed by atoms with Crippen molar-refractivity contribution in [1.82, 2.24) is 0 Å². The average Bonchev–Trinajstić information content (AvgIpc) is 3.18. The molecule has 6 nitrogen and oxygen atoms in total. The quantitative estimate of drug-likeness (QED) is 0.862. The zero-order valence-corrected chi connectivity index (χ0v) is 14.0. The molecule has 0 aliphatic carbocycles. The molecule has 1 spiro atoms. The zero-order valence-electron chi connectivity index (χ0n) is 14.0. The molecule has 0 unspecified atom stereocenters. The Morgan fingerprint density at radius 1 is 1.27 bits per heavy atom. The SMILES string of the molecule is CCOC(=O)C1=NN(c2ccccc2)[C@@]2(C1)C(=O)Nc1c(F)cccc12. The van der Waals surface area contributed by atoms with Gasteiger partial charge in [0.05, 0.1) is 18.0 Å². The third-order valence-electron chi connectivity index (χ3n) is 4.59. The first kappa shape index (κ1) is 16.3. The molecule has 7 heteroatoms. The van der Waals surface area contributed by atoms with Gasteiger partial charge in [0, 0.05) is 12.0 Å². The molecule has 0 aromatic heterocycles. The first-order valence-corrected chi connectivity index (χ1v) is 8.28. The zero-order chi connectivity index (χ0) is 18.3. The van der Waals surface area contributed by atoms with Crippen molar-refractivity contribution in [2.45, 2.75) is 18.9 Å². The van der Waals surface area contributed by atoms with Crippen LogP contribution in [-0.4, -0.2) is 24.2 Å². The Hall–Kier alpha value is -3.22. The van der Waals surface area contributed by atoms with E-state index in [4.69, 9.17) is 4.74 Å². The maximum atomic E-state index is 14.2. The molecule has 1 amide bonds. The minimum Gasteiger partial charge on any atom is -0.461 e. The molecular weight excluding hydrogens is 337 g/mol. The average molecular weight is 353 g/mol. The number of carbonyl (C=O) groups is 2. The van der Waals surface area contributed by atoms with Crippen molar-refractivity contribution in [3.63, 3.8) is 0 Å². The molecule has 2 aliphatic heterocycles. The minimum absolute atomic E-state index is 0.00299. The molecule has 0 saturated carbocycles. The van der Waals surface area contributed by atoms with E-state index >= 15 is 0 Å². The summed E-state index contributed by atoms with van der Waals surface area (Å²) in [5.74, 6) is -1.53. The van der Waals surface area contributed by atoms with E-state index in [1.807, 2.05) is 6.07 Å². The molecule has 26 heavy (non-hydrogen) atoms. The van der Waals surface area contributed by atoms with Crippen LogP contribution >= 0.6 is 0 Å². The predicted octanol–water partition coefficient (Wildman–Crippen LogP) is 2.80. The number of hydrogen-bond donors (Lipinski definition) is 1. The molecule has 132 valence electrons. The number of esters is 1. The van der Waals surface area contributed by atoms with E-state index in [2.05, 4.69) is 10.4 Å². The fraction of sp³-hybridized carbons (Fsp3) is 0.211. The highest BCUT2D eigenvalue weighted by molar-refractivity contribution is 6.39.